The molecule has 2 heterocycles. The minimum Gasteiger partial charge on any atom is -0.477 e. The smallest absolute Gasteiger partial charge is 0.347 e. The second-order valence-corrected chi connectivity index (χ2v) is 7.50. The van der Waals surface area contributed by atoms with Crippen LogP contribution in [0.4, 0.5) is 0 Å². The van der Waals surface area contributed by atoms with E-state index in [-0.39, 0.29) is 22.7 Å². The number of nitrogens with zero attached hydrogens (tertiary/aromatic N) is 1. The van der Waals surface area contributed by atoms with Crippen LogP contribution in [0.25, 0.3) is 0 Å². The number of nitrogens with one attached hydrogen (secondary N) is 1. The molecule has 0 aliphatic carbocycles. The van der Waals surface area contributed by atoms with Crippen molar-refractivity contribution in [2.24, 2.45) is 0 Å². The van der Waals surface area contributed by atoms with Gasteiger partial charge in [-0.3, -0.25) is 4.79 Å². The fourth-order valence-corrected chi connectivity index (χ4v) is 4.69. The van der Waals surface area contributed by atoms with Crippen LogP contribution in [0.5, 0.6) is 0 Å². The molecule has 1 aliphatic heterocycles. The van der Waals surface area contributed by atoms with Gasteiger partial charge in [0.2, 0.25) is 5.91 Å². The van der Waals surface area contributed by atoms with Crippen LogP contribution in [-0.4, -0.2) is 27.7 Å². The van der Waals surface area contributed by atoms with E-state index in [1.165, 1.54) is 0 Å². The molecular formula is C16H16N2O3S2. The zero-order valence-electron chi connectivity index (χ0n) is 12.7. The topological polar surface area (TPSA) is 79.3 Å². The number of carboxylic acids is 1. The van der Waals surface area contributed by atoms with Crippen molar-refractivity contribution in [1.29, 1.82) is 0 Å². The number of aromatic carboxylic acids is 1. The van der Waals surface area contributed by atoms with E-state index in [0.717, 1.165) is 27.5 Å². The van der Waals surface area contributed by atoms with E-state index in [1.807, 2.05) is 31.2 Å². The van der Waals surface area contributed by atoms with Crippen molar-refractivity contribution in [3.63, 3.8) is 0 Å². The van der Waals surface area contributed by atoms with Crippen molar-refractivity contribution >= 4 is 35.0 Å². The lowest BCUT2D eigenvalue weighted by molar-refractivity contribution is -0.122. The molecule has 2 aromatic rings. The summed E-state index contributed by atoms with van der Waals surface area (Å²) in [5, 5.41) is 12.7. The summed E-state index contributed by atoms with van der Waals surface area (Å²) in [5.41, 5.74) is 1.55. The normalized spacial score (nSPS) is 17.6. The van der Waals surface area contributed by atoms with Crippen LogP contribution >= 0.6 is 23.1 Å². The van der Waals surface area contributed by atoms with E-state index < -0.39 is 5.97 Å². The molecule has 0 spiro atoms. The van der Waals surface area contributed by atoms with Crippen LogP contribution in [0.2, 0.25) is 0 Å². The van der Waals surface area contributed by atoms with Crippen molar-refractivity contribution < 1.29 is 14.7 Å². The van der Waals surface area contributed by atoms with Crippen LogP contribution in [0.3, 0.4) is 0 Å². The second-order valence-electron chi connectivity index (χ2n) is 5.40. The Morgan fingerprint density at radius 1 is 1.39 bits per heavy atom. The van der Waals surface area contributed by atoms with Gasteiger partial charge in [0.05, 0.1) is 17.7 Å². The van der Waals surface area contributed by atoms with Crippen LogP contribution < -0.4 is 5.32 Å². The Morgan fingerprint density at radius 2 is 2.13 bits per heavy atom. The predicted octanol–water partition coefficient (Wildman–Crippen LogP) is 3.22. The molecule has 2 unspecified atom stereocenters. The first kappa shape index (κ1) is 16.0. The molecule has 1 amide bonds. The van der Waals surface area contributed by atoms with Crippen molar-refractivity contribution in [3.05, 3.63) is 45.4 Å². The number of carbonyl (C=O) groups is 2. The molecule has 3 rings (SSSR count). The fraction of sp³-hybridized carbons (Fsp3) is 0.312. The number of carboxylic acid groups (broad SMARTS) is 1. The van der Waals surface area contributed by atoms with Crippen LogP contribution in [0, 0.1) is 6.92 Å². The van der Waals surface area contributed by atoms with Crippen LogP contribution in [0.15, 0.2) is 29.2 Å². The molecule has 0 fully saturated rings. The van der Waals surface area contributed by atoms with Crippen molar-refractivity contribution in [2.75, 3.05) is 5.75 Å². The third-order valence-corrected chi connectivity index (χ3v) is 6.26. The quantitative estimate of drug-likeness (QED) is 0.887. The van der Waals surface area contributed by atoms with Gasteiger partial charge in [0.15, 0.2) is 0 Å². The van der Waals surface area contributed by atoms with Gasteiger partial charge < -0.3 is 10.4 Å². The van der Waals surface area contributed by atoms with Gasteiger partial charge in [0.25, 0.3) is 0 Å². The summed E-state index contributed by atoms with van der Waals surface area (Å²) in [5.74, 6) is -0.459. The Kier molecular flexibility index (Phi) is 4.41. The van der Waals surface area contributed by atoms with Crippen molar-refractivity contribution in [1.82, 2.24) is 10.3 Å². The van der Waals surface area contributed by atoms with Gasteiger partial charge in [0, 0.05) is 10.6 Å². The van der Waals surface area contributed by atoms with Gasteiger partial charge in [-0.15, -0.1) is 23.1 Å². The molecule has 120 valence electrons. The number of aromatic nitrogens is 1. The molecule has 0 radical (unpaired) electrons. The Bertz CT molecular complexity index is 772. The van der Waals surface area contributed by atoms with Crippen LogP contribution in [0.1, 0.15) is 44.8 Å². The third kappa shape index (κ3) is 3.11. The summed E-state index contributed by atoms with van der Waals surface area (Å²) >= 11 is 2.80. The molecule has 23 heavy (non-hydrogen) atoms. The van der Waals surface area contributed by atoms with Crippen molar-refractivity contribution in [3.8, 4) is 0 Å². The maximum atomic E-state index is 12.6. The molecule has 7 heteroatoms. The summed E-state index contributed by atoms with van der Waals surface area (Å²) in [6, 6.07) is 7.62. The largest absolute Gasteiger partial charge is 0.477 e. The van der Waals surface area contributed by atoms with E-state index in [9.17, 15) is 9.59 Å². The molecule has 0 saturated carbocycles. The first-order valence-electron chi connectivity index (χ1n) is 7.20. The highest BCUT2D eigenvalue weighted by Crippen LogP contribution is 2.39. The van der Waals surface area contributed by atoms with E-state index >= 15 is 0 Å². The Morgan fingerprint density at radius 3 is 2.83 bits per heavy atom. The lowest BCUT2D eigenvalue weighted by atomic mass is 10.0. The number of hydrogen-bond donors (Lipinski definition) is 2. The van der Waals surface area contributed by atoms with Gasteiger partial charge in [-0.2, -0.15) is 0 Å². The molecule has 2 N–H and O–H groups in total. The van der Waals surface area contributed by atoms with E-state index in [0.29, 0.717) is 10.7 Å². The maximum absolute atomic E-state index is 12.6. The monoisotopic (exact) mass is 348 g/mol. The fourth-order valence-electron chi connectivity index (χ4n) is 2.56. The minimum absolute atomic E-state index is 0.0420. The second kappa shape index (κ2) is 6.33. The number of benzene rings is 1. The molecule has 0 saturated heterocycles. The number of carbonyl (C=O) groups excluding carboxylic acids is 1. The number of thioether (sulfide) groups is 1. The summed E-state index contributed by atoms with van der Waals surface area (Å²) in [4.78, 5) is 29.3. The van der Waals surface area contributed by atoms with E-state index in [2.05, 4.69) is 10.3 Å². The molecule has 5 nitrogen and oxygen atoms in total. The maximum Gasteiger partial charge on any atom is 0.347 e. The highest BCUT2D eigenvalue weighted by molar-refractivity contribution is 7.99. The average Bonchev–Trinajstić information content (AvgIpc) is 3.10. The molecule has 1 aromatic heterocycles. The predicted molar refractivity (Wildman–Crippen MR) is 90.3 cm³/mol. The summed E-state index contributed by atoms with van der Waals surface area (Å²) in [6.07, 6.45) is 0. The van der Waals surface area contributed by atoms with Crippen LogP contribution in [-0.2, 0) is 4.79 Å². The van der Waals surface area contributed by atoms with Gasteiger partial charge in [-0.25, -0.2) is 9.78 Å². The Balaban J connectivity index is 1.73. The zero-order valence-corrected chi connectivity index (χ0v) is 14.3. The minimum atomic E-state index is -0.981. The third-order valence-electron chi connectivity index (χ3n) is 3.75. The first-order chi connectivity index (χ1) is 11.0. The lowest BCUT2D eigenvalue weighted by Gasteiger charge is -2.15. The standard InChI is InChI=1S/C16H16N2O3S2/c1-8-13(16(20)21)23-15(18-8)9(2)17-14(19)11-7-22-12-6-4-3-5-10(11)12/h3-6,9,11H,7H2,1-2H3,(H,17,19)(H,20,21). The highest BCUT2D eigenvalue weighted by Gasteiger charge is 2.30. The molecular weight excluding hydrogens is 332 g/mol. The molecule has 0 bridgehead atoms. The Hall–Kier alpha value is -1.86. The summed E-state index contributed by atoms with van der Waals surface area (Å²) in [6.45, 7) is 3.50. The lowest BCUT2D eigenvalue weighted by Crippen LogP contribution is -2.31. The molecule has 1 aliphatic rings. The van der Waals surface area contributed by atoms with E-state index in [4.69, 9.17) is 5.11 Å². The van der Waals surface area contributed by atoms with Crippen molar-refractivity contribution in [2.45, 2.75) is 30.7 Å². The number of rotatable bonds is 4. The van der Waals surface area contributed by atoms with Gasteiger partial charge in [-0.1, -0.05) is 18.2 Å². The summed E-state index contributed by atoms with van der Waals surface area (Å²) < 4.78 is 0. The highest BCUT2D eigenvalue weighted by atomic mass is 32.2. The molecule has 1 aromatic carbocycles. The van der Waals surface area contributed by atoms with Gasteiger partial charge in [-0.05, 0) is 25.5 Å². The average molecular weight is 348 g/mol. The first-order valence-corrected chi connectivity index (χ1v) is 9.00. The number of thiazole rings is 1. The van der Waals surface area contributed by atoms with Gasteiger partial charge >= 0.3 is 5.97 Å². The number of hydrogen-bond acceptors (Lipinski definition) is 5. The number of aryl methyl sites for hydroxylation is 1. The Labute approximate surface area is 142 Å². The van der Waals surface area contributed by atoms with Gasteiger partial charge in [0.1, 0.15) is 9.88 Å². The molecule has 2 atom stereocenters. The summed E-state index contributed by atoms with van der Waals surface area (Å²) in [7, 11) is 0. The zero-order chi connectivity index (χ0) is 16.6. The SMILES string of the molecule is Cc1nc(C(C)NC(=O)C2CSc3ccccc32)sc1C(=O)O. The van der Waals surface area contributed by atoms with E-state index in [1.54, 1.807) is 18.7 Å². The number of fused-ring (bicyclic) bond motifs is 1. The number of amides is 1.